The second-order valence-corrected chi connectivity index (χ2v) is 8.39. The van der Waals surface area contributed by atoms with Gasteiger partial charge in [0.15, 0.2) is 5.96 Å². The molecule has 3 N–H and O–H groups in total. The van der Waals surface area contributed by atoms with Crippen LogP contribution in [0.3, 0.4) is 0 Å². The number of nitrogens with one attached hydrogen (secondary N) is 3. The number of benzene rings is 1. The highest BCUT2D eigenvalue weighted by Gasteiger charge is 2.31. The number of hydrogen-bond donors (Lipinski definition) is 3. The van der Waals surface area contributed by atoms with Crippen LogP contribution in [0, 0.1) is 0 Å². The number of nitrogens with zero attached hydrogens (tertiary/aromatic N) is 2. The van der Waals surface area contributed by atoms with Crippen molar-refractivity contribution in [2.45, 2.75) is 38.5 Å². The maximum atomic E-state index is 12.9. The molecule has 1 heterocycles. The van der Waals surface area contributed by atoms with Crippen LogP contribution >= 0.6 is 24.0 Å². The van der Waals surface area contributed by atoms with Gasteiger partial charge < -0.3 is 20.7 Å². The van der Waals surface area contributed by atoms with E-state index < -0.39 is 11.7 Å². The molecule has 0 bridgehead atoms. The van der Waals surface area contributed by atoms with E-state index in [1.165, 1.54) is 12.1 Å². The van der Waals surface area contributed by atoms with Gasteiger partial charge in [0, 0.05) is 32.2 Å². The number of ether oxygens (including phenoxy) is 1. The Morgan fingerprint density at radius 3 is 2.22 bits per heavy atom. The first-order valence-electron chi connectivity index (χ1n) is 10.2. The Morgan fingerprint density at radius 1 is 1.12 bits per heavy atom. The Hall–Kier alpha value is -1.60. The van der Waals surface area contributed by atoms with E-state index in [1.807, 2.05) is 20.8 Å². The van der Waals surface area contributed by atoms with Gasteiger partial charge in [-0.25, -0.2) is 0 Å². The normalized spacial score (nSPS) is 16.7. The number of alkyl halides is 3. The summed E-state index contributed by atoms with van der Waals surface area (Å²) < 4.78 is 44.2. The third-order valence-electron chi connectivity index (χ3n) is 4.73. The zero-order valence-corrected chi connectivity index (χ0v) is 21.2. The summed E-state index contributed by atoms with van der Waals surface area (Å²) in [5, 5.41) is 9.01. The van der Waals surface area contributed by atoms with E-state index >= 15 is 0 Å². The topological polar surface area (TPSA) is 78.0 Å². The third-order valence-corrected chi connectivity index (χ3v) is 4.73. The Balaban J connectivity index is 0.00000512. The van der Waals surface area contributed by atoms with Crippen molar-refractivity contribution in [3.8, 4) is 0 Å². The largest absolute Gasteiger partial charge is 0.416 e. The summed E-state index contributed by atoms with van der Waals surface area (Å²) in [5.74, 6) is 0.275. The lowest BCUT2D eigenvalue weighted by Gasteiger charge is -2.35. The van der Waals surface area contributed by atoms with Crippen LogP contribution < -0.4 is 16.0 Å². The minimum absolute atomic E-state index is 0. The van der Waals surface area contributed by atoms with E-state index in [2.05, 4.69) is 25.8 Å². The van der Waals surface area contributed by atoms with Gasteiger partial charge in [-0.3, -0.25) is 14.7 Å². The minimum Gasteiger partial charge on any atom is -0.379 e. The van der Waals surface area contributed by atoms with Crippen LogP contribution in [0.15, 0.2) is 29.3 Å². The van der Waals surface area contributed by atoms with Gasteiger partial charge in [0.25, 0.3) is 0 Å². The van der Waals surface area contributed by atoms with Gasteiger partial charge in [0.1, 0.15) is 0 Å². The van der Waals surface area contributed by atoms with Gasteiger partial charge in [0.05, 0.1) is 31.4 Å². The fourth-order valence-corrected chi connectivity index (χ4v) is 3.28. The molecule has 0 aromatic heterocycles. The first kappa shape index (κ1) is 28.4. The van der Waals surface area contributed by atoms with Crippen LogP contribution in [0.2, 0.25) is 0 Å². The van der Waals surface area contributed by atoms with Crippen LogP contribution in [-0.2, 0) is 15.7 Å². The van der Waals surface area contributed by atoms with E-state index in [0.29, 0.717) is 38.8 Å². The lowest BCUT2D eigenvalue weighted by atomic mass is 10.0. The van der Waals surface area contributed by atoms with Crippen LogP contribution in [-0.4, -0.2) is 68.7 Å². The molecule has 11 heteroatoms. The maximum Gasteiger partial charge on any atom is 0.416 e. The molecule has 1 unspecified atom stereocenters. The lowest BCUT2D eigenvalue weighted by molar-refractivity contribution is -0.137. The van der Waals surface area contributed by atoms with Gasteiger partial charge in [-0.1, -0.05) is 12.1 Å². The molecule has 1 saturated heterocycles. The highest BCUT2D eigenvalue weighted by molar-refractivity contribution is 14.0. The van der Waals surface area contributed by atoms with E-state index in [-0.39, 0.29) is 48.0 Å². The van der Waals surface area contributed by atoms with Crippen LogP contribution in [0.4, 0.5) is 13.2 Å². The predicted molar refractivity (Wildman–Crippen MR) is 129 cm³/mol. The minimum atomic E-state index is -4.37. The number of rotatable bonds is 6. The van der Waals surface area contributed by atoms with Crippen molar-refractivity contribution in [1.82, 2.24) is 20.9 Å². The number of carbonyl (C=O) groups excluding carboxylic acids is 1. The van der Waals surface area contributed by atoms with Crippen molar-refractivity contribution in [2.24, 2.45) is 4.99 Å². The van der Waals surface area contributed by atoms with E-state index in [1.54, 1.807) is 7.05 Å². The second-order valence-electron chi connectivity index (χ2n) is 8.39. The summed E-state index contributed by atoms with van der Waals surface area (Å²) in [6.07, 6.45) is -4.37. The highest BCUT2D eigenvalue weighted by atomic mass is 127. The predicted octanol–water partition coefficient (Wildman–Crippen LogP) is 2.78. The standard InChI is InChI=1S/C21H32F3N5O2.HI/c1-20(2,3)28-18(30)14-27-19(25-4)26-13-17(29-9-11-31-12-10-29)15-5-7-16(8-6-15)21(22,23)24;/h5-8,17H,9-14H2,1-4H3,(H,28,30)(H2,25,26,27);1H. The molecule has 0 radical (unpaired) electrons. The number of halogens is 4. The molecule has 1 aromatic rings. The zero-order chi connectivity index (χ0) is 23.1. The summed E-state index contributed by atoms with van der Waals surface area (Å²) in [6, 6.07) is 5.06. The van der Waals surface area contributed by atoms with Crippen LogP contribution in [0.5, 0.6) is 0 Å². The van der Waals surface area contributed by atoms with Crippen LogP contribution in [0.1, 0.15) is 37.9 Å². The molecular formula is C21H33F3IN5O2. The number of hydrogen-bond acceptors (Lipinski definition) is 4. The van der Waals surface area contributed by atoms with Gasteiger partial charge in [-0.15, -0.1) is 24.0 Å². The number of guanidine groups is 1. The lowest BCUT2D eigenvalue weighted by Crippen LogP contribution is -2.50. The molecule has 1 aliphatic heterocycles. The molecule has 2 rings (SSSR count). The smallest absolute Gasteiger partial charge is 0.379 e. The van der Waals surface area contributed by atoms with E-state index in [9.17, 15) is 18.0 Å². The van der Waals surface area contributed by atoms with Gasteiger partial charge in [0.2, 0.25) is 5.91 Å². The van der Waals surface area contributed by atoms with Crippen molar-refractivity contribution in [3.05, 3.63) is 35.4 Å². The summed E-state index contributed by atoms with van der Waals surface area (Å²) in [7, 11) is 1.60. The number of morpholine rings is 1. The number of carbonyl (C=O) groups is 1. The second kappa shape index (κ2) is 12.6. The van der Waals surface area contributed by atoms with Crippen molar-refractivity contribution in [3.63, 3.8) is 0 Å². The molecule has 7 nitrogen and oxygen atoms in total. The third kappa shape index (κ3) is 9.49. The summed E-state index contributed by atoms with van der Waals surface area (Å²) in [4.78, 5) is 18.3. The van der Waals surface area contributed by atoms with Gasteiger partial charge in [-0.2, -0.15) is 13.2 Å². The van der Waals surface area contributed by atoms with Gasteiger partial charge in [-0.05, 0) is 38.5 Å². The summed E-state index contributed by atoms with van der Waals surface area (Å²) >= 11 is 0. The molecule has 182 valence electrons. The molecule has 0 aliphatic carbocycles. The molecular weight excluding hydrogens is 538 g/mol. The van der Waals surface area contributed by atoms with Crippen molar-refractivity contribution < 1.29 is 22.7 Å². The fourth-order valence-electron chi connectivity index (χ4n) is 3.28. The summed E-state index contributed by atoms with van der Waals surface area (Å²) in [6.45, 7) is 8.64. The van der Waals surface area contributed by atoms with Gasteiger partial charge >= 0.3 is 6.18 Å². The van der Waals surface area contributed by atoms with E-state index in [4.69, 9.17) is 4.74 Å². The van der Waals surface area contributed by atoms with E-state index in [0.717, 1.165) is 17.7 Å². The maximum absolute atomic E-state index is 12.9. The molecule has 1 aliphatic rings. The Morgan fingerprint density at radius 2 is 1.72 bits per heavy atom. The van der Waals surface area contributed by atoms with Crippen molar-refractivity contribution in [1.29, 1.82) is 0 Å². The molecule has 1 atom stereocenters. The first-order chi connectivity index (χ1) is 14.5. The number of amides is 1. The average Bonchev–Trinajstić information content (AvgIpc) is 2.69. The Bertz CT molecular complexity index is 745. The average molecular weight is 571 g/mol. The summed E-state index contributed by atoms with van der Waals surface area (Å²) in [5.41, 5.74) is -0.240. The van der Waals surface area contributed by atoms with Crippen molar-refractivity contribution in [2.75, 3.05) is 46.4 Å². The monoisotopic (exact) mass is 571 g/mol. The quantitative estimate of drug-likeness (QED) is 0.278. The first-order valence-corrected chi connectivity index (χ1v) is 10.2. The number of aliphatic imine (C=N–C) groups is 1. The molecule has 0 spiro atoms. The Labute approximate surface area is 204 Å². The molecule has 1 aromatic carbocycles. The Kier molecular flexibility index (Phi) is 11.2. The molecule has 1 fully saturated rings. The fraction of sp³-hybridized carbons (Fsp3) is 0.619. The van der Waals surface area contributed by atoms with Crippen molar-refractivity contribution >= 4 is 35.8 Å². The SMILES string of the molecule is CN=C(NCC(=O)NC(C)(C)C)NCC(c1ccc(C(F)(F)F)cc1)N1CCOCC1.I. The van der Waals surface area contributed by atoms with Crippen LogP contribution in [0.25, 0.3) is 0 Å². The zero-order valence-electron chi connectivity index (χ0n) is 18.9. The highest BCUT2D eigenvalue weighted by Crippen LogP contribution is 2.31. The molecule has 32 heavy (non-hydrogen) atoms. The molecule has 0 saturated carbocycles. The molecule has 1 amide bonds.